The molecule has 0 spiro atoms. The van der Waals surface area contributed by atoms with Crippen molar-refractivity contribution in [1.29, 1.82) is 0 Å². The topological polar surface area (TPSA) is 43.0 Å². The molecule has 4 nitrogen and oxygen atoms in total. The molecule has 1 aromatic carbocycles. The summed E-state index contributed by atoms with van der Waals surface area (Å²) in [5, 5.41) is 4.65. The number of nitrogens with one attached hydrogen (secondary N) is 1. The van der Waals surface area contributed by atoms with E-state index in [-0.39, 0.29) is 0 Å². The minimum Gasteiger partial charge on any atom is -0.464 e. The fourth-order valence-corrected chi connectivity index (χ4v) is 2.20. The van der Waals surface area contributed by atoms with Crippen molar-refractivity contribution in [2.75, 3.05) is 6.54 Å². The van der Waals surface area contributed by atoms with Gasteiger partial charge in [0.1, 0.15) is 5.58 Å². The lowest BCUT2D eigenvalue weighted by atomic mass is 10.2. The molecule has 2 heterocycles. The molecule has 0 radical (unpaired) electrons. The second-order valence-electron chi connectivity index (χ2n) is 4.59. The van der Waals surface area contributed by atoms with Crippen LogP contribution in [0, 0.1) is 0 Å². The third kappa shape index (κ3) is 2.85. The van der Waals surface area contributed by atoms with Crippen LogP contribution in [0.2, 0.25) is 0 Å². The number of hydrogen-bond acceptors (Lipinski definition) is 3. The maximum Gasteiger partial charge on any atom is 0.134 e. The molecule has 1 N–H and O–H groups in total. The Kier molecular flexibility index (Phi) is 3.61. The zero-order valence-electron chi connectivity index (χ0n) is 10.7. The van der Waals surface area contributed by atoms with Crippen LogP contribution in [0.4, 0.5) is 0 Å². The number of nitrogens with zero attached hydrogens (tertiary/aromatic N) is 2. The lowest BCUT2D eigenvalue weighted by molar-refractivity contribution is 0.572. The number of furan rings is 1. The number of aryl methyl sites for hydroxylation is 1. The van der Waals surface area contributed by atoms with Gasteiger partial charge in [-0.2, -0.15) is 0 Å². The van der Waals surface area contributed by atoms with E-state index < -0.39 is 0 Å². The van der Waals surface area contributed by atoms with Crippen molar-refractivity contribution in [2.24, 2.45) is 0 Å². The number of rotatable bonds is 6. The van der Waals surface area contributed by atoms with Gasteiger partial charge in [0.05, 0.1) is 12.6 Å². The molecule has 4 heteroatoms. The standard InChI is InChI=1S/C15H17N3O/c1-2-5-15-14(4-1)13(11-19-15)10-16-6-3-8-18-9-7-17-12-18/h1-2,4-5,7,9,11-12,16H,3,6,8,10H2. The first-order chi connectivity index (χ1) is 9.43. The van der Waals surface area contributed by atoms with Crippen LogP contribution in [-0.2, 0) is 13.1 Å². The van der Waals surface area contributed by atoms with Gasteiger partial charge < -0.3 is 14.3 Å². The van der Waals surface area contributed by atoms with E-state index >= 15 is 0 Å². The molecule has 0 fully saturated rings. The van der Waals surface area contributed by atoms with Crippen LogP contribution in [0.15, 0.2) is 53.7 Å². The number of imidazole rings is 1. The van der Waals surface area contributed by atoms with Crippen LogP contribution in [-0.4, -0.2) is 16.1 Å². The van der Waals surface area contributed by atoms with Gasteiger partial charge in [-0.05, 0) is 19.0 Å². The van der Waals surface area contributed by atoms with Gasteiger partial charge >= 0.3 is 0 Å². The minimum absolute atomic E-state index is 0.848. The van der Waals surface area contributed by atoms with Crippen LogP contribution in [0.1, 0.15) is 12.0 Å². The molecule has 0 saturated carbocycles. The van der Waals surface area contributed by atoms with Gasteiger partial charge in [-0.3, -0.25) is 0 Å². The summed E-state index contributed by atoms with van der Waals surface area (Å²) in [4.78, 5) is 4.03. The first-order valence-electron chi connectivity index (χ1n) is 6.55. The maximum absolute atomic E-state index is 5.51. The highest BCUT2D eigenvalue weighted by Crippen LogP contribution is 2.20. The van der Waals surface area contributed by atoms with Crippen molar-refractivity contribution in [1.82, 2.24) is 14.9 Å². The number of aromatic nitrogens is 2. The van der Waals surface area contributed by atoms with E-state index in [1.165, 1.54) is 10.9 Å². The second kappa shape index (κ2) is 5.71. The predicted molar refractivity (Wildman–Crippen MR) is 74.8 cm³/mol. The molecule has 0 bridgehead atoms. The summed E-state index contributed by atoms with van der Waals surface area (Å²) in [6.45, 7) is 2.83. The van der Waals surface area contributed by atoms with Crippen LogP contribution >= 0.6 is 0 Å². The van der Waals surface area contributed by atoms with E-state index in [9.17, 15) is 0 Å². The average Bonchev–Trinajstić information content (AvgIpc) is 3.08. The van der Waals surface area contributed by atoms with Gasteiger partial charge in [-0.15, -0.1) is 0 Å². The van der Waals surface area contributed by atoms with E-state index in [4.69, 9.17) is 4.42 Å². The first-order valence-corrected chi connectivity index (χ1v) is 6.55. The monoisotopic (exact) mass is 255 g/mol. The molecule has 98 valence electrons. The lowest BCUT2D eigenvalue weighted by Crippen LogP contribution is -2.16. The second-order valence-corrected chi connectivity index (χ2v) is 4.59. The van der Waals surface area contributed by atoms with Crippen LogP contribution in [0.5, 0.6) is 0 Å². The van der Waals surface area contributed by atoms with Gasteiger partial charge in [0.15, 0.2) is 0 Å². The molecule has 0 unspecified atom stereocenters. The maximum atomic E-state index is 5.51. The van der Waals surface area contributed by atoms with Gasteiger partial charge in [0.2, 0.25) is 0 Å². The highest BCUT2D eigenvalue weighted by molar-refractivity contribution is 5.80. The molecule has 2 aromatic heterocycles. The molecule has 0 aliphatic rings. The van der Waals surface area contributed by atoms with Gasteiger partial charge in [0.25, 0.3) is 0 Å². The summed E-state index contributed by atoms with van der Waals surface area (Å²) in [5.41, 5.74) is 2.18. The van der Waals surface area contributed by atoms with Crippen molar-refractivity contribution in [3.63, 3.8) is 0 Å². The van der Waals surface area contributed by atoms with Crippen LogP contribution < -0.4 is 5.32 Å². The summed E-state index contributed by atoms with van der Waals surface area (Å²) >= 11 is 0. The molecule has 0 amide bonds. The quantitative estimate of drug-likeness (QED) is 0.689. The van der Waals surface area contributed by atoms with Crippen molar-refractivity contribution < 1.29 is 4.42 Å². The van der Waals surface area contributed by atoms with Crippen molar-refractivity contribution >= 4 is 11.0 Å². The number of hydrogen-bond donors (Lipinski definition) is 1. The Bertz CT molecular complexity index is 628. The van der Waals surface area contributed by atoms with Crippen molar-refractivity contribution in [3.05, 3.63) is 54.8 Å². The van der Waals surface area contributed by atoms with Gasteiger partial charge in [-0.25, -0.2) is 4.98 Å². The normalized spacial score (nSPS) is 11.2. The first kappa shape index (κ1) is 12.0. The summed E-state index contributed by atoms with van der Waals surface area (Å²) in [7, 11) is 0. The smallest absolute Gasteiger partial charge is 0.134 e. The van der Waals surface area contributed by atoms with Crippen molar-refractivity contribution in [3.8, 4) is 0 Å². The summed E-state index contributed by atoms with van der Waals surface area (Å²) < 4.78 is 7.60. The minimum atomic E-state index is 0.848. The van der Waals surface area contributed by atoms with E-state index in [1.54, 1.807) is 0 Å². The fraction of sp³-hybridized carbons (Fsp3) is 0.267. The third-order valence-corrected chi connectivity index (χ3v) is 3.21. The molecule has 0 saturated heterocycles. The Hall–Kier alpha value is -2.07. The third-order valence-electron chi connectivity index (χ3n) is 3.21. The van der Waals surface area contributed by atoms with Crippen molar-refractivity contribution in [2.45, 2.75) is 19.5 Å². The van der Waals surface area contributed by atoms with E-state index in [2.05, 4.69) is 20.9 Å². The Balaban J connectivity index is 1.47. The fourth-order valence-electron chi connectivity index (χ4n) is 2.20. The van der Waals surface area contributed by atoms with E-state index in [0.717, 1.165) is 31.6 Å². The Morgan fingerprint density at radius 1 is 1.26 bits per heavy atom. The van der Waals surface area contributed by atoms with E-state index in [0.29, 0.717) is 0 Å². The number of fused-ring (bicyclic) bond motifs is 1. The lowest BCUT2D eigenvalue weighted by Gasteiger charge is -2.04. The molecular weight excluding hydrogens is 238 g/mol. The molecule has 0 aliphatic heterocycles. The largest absolute Gasteiger partial charge is 0.464 e. The summed E-state index contributed by atoms with van der Waals surface area (Å²) in [5.74, 6) is 0. The predicted octanol–water partition coefficient (Wildman–Crippen LogP) is 2.81. The molecule has 3 rings (SSSR count). The summed E-state index contributed by atoms with van der Waals surface area (Å²) in [6.07, 6.45) is 8.58. The molecular formula is C15H17N3O. The average molecular weight is 255 g/mol. The molecule has 19 heavy (non-hydrogen) atoms. The van der Waals surface area contributed by atoms with Crippen LogP contribution in [0.25, 0.3) is 11.0 Å². The molecule has 0 aliphatic carbocycles. The Morgan fingerprint density at radius 2 is 2.21 bits per heavy atom. The van der Waals surface area contributed by atoms with Gasteiger partial charge in [0, 0.05) is 36.4 Å². The SMILES string of the molecule is c1ccc2c(CNCCCn3ccnc3)coc2c1. The Morgan fingerprint density at radius 3 is 3.11 bits per heavy atom. The zero-order valence-corrected chi connectivity index (χ0v) is 10.7. The summed E-state index contributed by atoms with van der Waals surface area (Å²) in [6, 6.07) is 8.13. The highest BCUT2D eigenvalue weighted by Gasteiger charge is 2.03. The Labute approximate surface area is 112 Å². The van der Waals surface area contributed by atoms with Gasteiger partial charge in [-0.1, -0.05) is 18.2 Å². The molecule has 3 aromatic rings. The highest BCUT2D eigenvalue weighted by atomic mass is 16.3. The zero-order chi connectivity index (χ0) is 12.9. The van der Waals surface area contributed by atoms with E-state index in [1.807, 2.05) is 43.2 Å². The number of benzene rings is 1. The number of para-hydroxylation sites is 1. The van der Waals surface area contributed by atoms with Crippen LogP contribution in [0.3, 0.4) is 0 Å². The molecule has 0 atom stereocenters.